The fourth-order valence-electron chi connectivity index (χ4n) is 2.92. The molecule has 0 spiro atoms. The Hall–Kier alpha value is -1.02. The van der Waals surface area contributed by atoms with E-state index in [9.17, 15) is 4.79 Å². The Labute approximate surface area is 120 Å². The first-order chi connectivity index (χ1) is 9.19. The van der Waals surface area contributed by atoms with Gasteiger partial charge >= 0.3 is 5.97 Å². The molecule has 1 aromatic rings. The van der Waals surface area contributed by atoms with E-state index in [-0.39, 0.29) is 5.97 Å². The number of hydrogen-bond donors (Lipinski definition) is 0. The van der Waals surface area contributed by atoms with Crippen LogP contribution in [0.2, 0.25) is 5.02 Å². The van der Waals surface area contributed by atoms with Crippen molar-refractivity contribution in [3.63, 3.8) is 0 Å². The predicted molar refractivity (Wildman–Crippen MR) is 77.4 cm³/mol. The summed E-state index contributed by atoms with van der Waals surface area (Å²) in [4.78, 5) is 11.5. The summed E-state index contributed by atoms with van der Waals surface area (Å²) >= 11 is 6.04. The van der Waals surface area contributed by atoms with E-state index in [4.69, 9.17) is 16.3 Å². The molecule has 0 N–H and O–H groups in total. The van der Waals surface area contributed by atoms with Crippen molar-refractivity contribution in [1.82, 2.24) is 0 Å². The molecule has 104 valence electrons. The maximum absolute atomic E-state index is 11.5. The molecule has 0 atom stereocenters. The van der Waals surface area contributed by atoms with Crippen LogP contribution in [-0.2, 0) is 9.53 Å². The second kappa shape index (κ2) is 6.95. The fraction of sp³-hybridized carbons (Fsp3) is 0.562. The average Bonchev–Trinajstić information content (AvgIpc) is 2.40. The van der Waals surface area contributed by atoms with E-state index in [0.29, 0.717) is 24.9 Å². The minimum Gasteiger partial charge on any atom is -0.466 e. The van der Waals surface area contributed by atoms with Crippen LogP contribution in [0.4, 0.5) is 0 Å². The SMILES string of the molecule is CCOC(=O)CC1CCC(c2cccc(Cl)c2)CC1. The molecule has 2 rings (SSSR count). The topological polar surface area (TPSA) is 26.3 Å². The highest BCUT2D eigenvalue weighted by Crippen LogP contribution is 2.37. The molecule has 3 heteroatoms. The largest absolute Gasteiger partial charge is 0.466 e. The van der Waals surface area contributed by atoms with Crippen LogP contribution in [0.25, 0.3) is 0 Å². The highest BCUT2D eigenvalue weighted by Gasteiger charge is 2.24. The summed E-state index contributed by atoms with van der Waals surface area (Å²) in [5, 5.41) is 0.811. The van der Waals surface area contributed by atoms with Crippen LogP contribution in [0.5, 0.6) is 0 Å². The zero-order valence-electron chi connectivity index (χ0n) is 11.4. The number of hydrogen-bond acceptors (Lipinski definition) is 2. The molecule has 0 amide bonds. The number of esters is 1. The summed E-state index contributed by atoms with van der Waals surface area (Å²) in [6.07, 6.45) is 5.08. The summed E-state index contributed by atoms with van der Waals surface area (Å²) in [5.41, 5.74) is 1.34. The molecule has 0 unspecified atom stereocenters. The van der Waals surface area contributed by atoms with Gasteiger partial charge in [0, 0.05) is 11.4 Å². The van der Waals surface area contributed by atoms with Crippen LogP contribution in [0, 0.1) is 5.92 Å². The van der Waals surface area contributed by atoms with Gasteiger partial charge in [-0.1, -0.05) is 23.7 Å². The van der Waals surface area contributed by atoms with Crippen LogP contribution in [0.1, 0.15) is 50.5 Å². The fourth-order valence-corrected chi connectivity index (χ4v) is 3.11. The number of carbonyl (C=O) groups excluding carboxylic acids is 1. The van der Waals surface area contributed by atoms with E-state index in [2.05, 4.69) is 12.1 Å². The summed E-state index contributed by atoms with van der Waals surface area (Å²) in [7, 11) is 0. The summed E-state index contributed by atoms with van der Waals surface area (Å²) in [5.74, 6) is 1.04. The number of ether oxygens (including phenoxy) is 1. The molecule has 1 aliphatic carbocycles. The molecule has 0 saturated heterocycles. The first-order valence-corrected chi connectivity index (χ1v) is 7.48. The highest BCUT2D eigenvalue weighted by molar-refractivity contribution is 6.30. The van der Waals surface area contributed by atoms with Crippen LogP contribution >= 0.6 is 11.6 Å². The van der Waals surface area contributed by atoms with Crippen molar-refractivity contribution in [2.45, 2.75) is 44.9 Å². The molecule has 1 aromatic carbocycles. The van der Waals surface area contributed by atoms with E-state index in [1.807, 2.05) is 19.1 Å². The molecule has 1 fully saturated rings. The molecular weight excluding hydrogens is 260 g/mol. The molecule has 1 saturated carbocycles. The Morgan fingerprint density at radius 2 is 2.05 bits per heavy atom. The van der Waals surface area contributed by atoms with Gasteiger partial charge in [-0.2, -0.15) is 0 Å². The van der Waals surface area contributed by atoms with Crippen molar-refractivity contribution < 1.29 is 9.53 Å². The van der Waals surface area contributed by atoms with Crippen molar-refractivity contribution in [3.8, 4) is 0 Å². The van der Waals surface area contributed by atoms with Crippen LogP contribution < -0.4 is 0 Å². The monoisotopic (exact) mass is 280 g/mol. The molecule has 0 aromatic heterocycles. The molecule has 1 aliphatic rings. The first kappa shape index (κ1) is 14.4. The Morgan fingerprint density at radius 1 is 1.32 bits per heavy atom. The van der Waals surface area contributed by atoms with Crippen LogP contribution in [-0.4, -0.2) is 12.6 Å². The van der Waals surface area contributed by atoms with Gasteiger partial charge < -0.3 is 4.74 Å². The minimum atomic E-state index is -0.0475. The lowest BCUT2D eigenvalue weighted by Crippen LogP contribution is -2.17. The normalized spacial score (nSPS) is 23.1. The third kappa shape index (κ3) is 4.24. The van der Waals surface area contributed by atoms with Crippen LogP contribution in [0.15, 0.2) is 24.3 Å². The van der Waals surface area contributed by atoms with Crippen molar-refractivity contribution in [2.75, 3.05) is 6.61 Å². The van der Waals surface area contributed by atoms with Gasteiger partial charge in [0.1, 0.15) is 0 Å². The van der Waals surface area contributed by atoms with Gasteiger partial charge in [-0.05, 0) is 62.1 Å². The smallest absolute Gasteiger partial charge is 0.306 e. The first-order valence-electron chi connectivity index (χ1n) is 7.10. The van der Waals surface area contributed by atoms with Crippen molar-refractivity contribution in [2.24, 2.45) is 5.92 Å². The van der Waals surface area contributed by atoms with E-state index in [0.717, 1.165) is 30.7 Å². The van der Waals surface area contributed by atoms with E-state index >= 15 is 0 Å². The Balaban J connectivity index is 1.84. The number of rotatable bonds is 4. The Kier molecular flexibility index (Phi) is 5.26. The van der Waals surface area contributed by atoms with Gasteiger partial charge in [0.15, 0.2) is 0 Å². The number of benzene rings is 1. The molecule has 0 heterocycles. The Morgan fingerprint density at radius 3 is 2.68 bits per heavy atom. The van der Waals surface area contributed by atoms with Gasteiger partial charge in [-0.15, -0.1) is 0 Å². The van der Waals surface area contributed by atoms with Gasteiger partial charge in [0.05, 0.1) is 6.61 Å². The lowest BCUT2D eigenvalue weighted by Gasteiger charge is -2.28. The zero-order valence-corrected chi connectivity index (χ0v) is 12.2. The predicted octanol–water partition coefficient (Wildman–Crippen LogP) is 4.57. The lowest BCUT2D eigenvalue weighted by atomic mass is 9.77. The molecule has 0 aliphatic heterocycles. The molecular formula is C16H21ClO2. The number of carbonyl (C=O) groups is 1. The van der Waals surface area contributed by atoms with E-state index in [1.165, 1.54) is 5.56 Å². The summed E-state index contributed by atoms with van der Waals surface area (Å²) < 4.78 is 5.02. The standard InChI is InChI=1S/C16H21ClO2/c1-2-19-16(18)10-12-6-8-13(9-7-12)14-4-3-5-15(17)11-14/h3-5,11-13H,2,6-10H2,1H3. The molecule has 0 bridgehead atoms. The summed E-state index contributed by atoms with van der Waals surface area (Å²) in [6, 6.07) is 8.15. The van der Waals surface area contributed by atoms with Gasteiger partial charge in [-0.25, -0.2) is 0 Å². The maximum Gasteiger partial charge on any atom is 0.306 e. The second-order valence-electron chi connectivity index (χ2n) is 5.28. The average molecular weight is 281 g/mol. The second-order valence-corrected chi connectivity index (χ2v) is 5.72. The Bertz CT molecular complexity index is 423. The third-order valence-corrected chi connectivity index (χ3v) is 4.16. The zero-order chi connectivity index (χ0) is 13.7. The van der Waals surface area contributed by atoms with Gasteiger partial charge in [0.25, 0.3) is 0 Å². The molecule has 0 radical (unpaired) electrons. The molecule has 19 heavy (non-hydrogen) atoms. The third-order valence-electron chi connectivity index (χ3n) is 3.93. The van der Waals surface area contributed by atoms with Crippen molar-refractivity contribution in [1.29, 1.82) is 0 Å². The van der Waals surface area contributed by atoms with E-state index in [1.54, 1.807) is 0 Å². The lowest BCUT2D eigenvalue weighted by molar-refractivity contribution is -0.144. The quantitative estimate of drug-likeness (QED) is 0.755. The summed E-state index contributed by atoms with van der Waals surface area (Å²) in [6.45, 7) is 2.34. The maximum atomic E-state index is 11.5. The van der Waals surface area contributed by atoms with Crippen molar-refractivity contribution in [3.05, 3.63) is 34.9 Å². The van der Waals surface area contributed by atoms with Crippen molar-refractivity contribution >= 4 is 17.6 Å². The van der Waals surface area contributed by atoms with E-state index < -0.39 is 0 Å². The minimum absolute atomic E-state index is 0.0475. The van der Waals surface area contributed by atoms with Crippen LogP contribution in [0.3, 0.4) is 0 Å². The number of halogens is 1. The molecule has 2 nitrogen and oxygen atoms in total. The van der Waals surface area contributed by atoms with Gasteiger partial charge in [0.2, 0.25) is 0 Å². The van der Waals surface area contributed by atoms with Gasteiger partial charge in [-0.3, -0.25) is 4.79 Å². The highest BCUT2D eigenvalue weighted by atomic mass is 35.5.